The molecule has 1 aromatic rings. The lowest BCUT2D eigenvalue weighted by atomic mass is 9.86. The van der Waals surface area contributed by atoms with Gasteiger partial charge in [-0.25, -0.2) is 12.7 Å². The van der Waals surface area contributed by atoms with Gasteiger partial charge in [0.25, 0.3) is 0 Å². The molecule has 96 valence electrons. The number of hydrogen-bond acceptors (Lipinski definition) is 3. The van der Waals surface area contributed by atoms with Crippen LogP contribution in [-0.4, -0.2) is 31.9 Å². The third-order valence-electron chi connectivity index (χ3n) is 2.57. The molecule has 0 aromatic heterocycles. The van der Waals surface area contributed by atoms with Crippen LogP contribution in [0.15, 0.2) is 23.1 Å². The first-order valence-electron chi connectivity index (χ1n) is 5.33. The minimum Gasteiger partial charge on any atom is -0.506 e. The zero-order chi connectivity index (χ0) is 13.4. The molecule has 0 radical (unpaired) electrons. The van der Waals surface area contributed by atoms with Crippen LogP contribution in [0.5, 0.6) is 5.75 Å². The molecule has 4 nitrogen and oxygen atoms in total. The Labute approximate surface area is 103 Å². The zero-order valence-electron chi connectivity index (χ0n) is 10.9. The van der Waals surface area contributed by atoms with Gasteiger partial charge in [-0.15, -0.1) is 0 Å². The van der Waals surface area contributed by atoms with Gasteiger partial charge in [0.15, 0.2) is 0 Å². The van der Waals surface area contributed by atoms with Gasteiger partial charge in [-0.2, -0.15) is 0 Å². The SMILES string of the molecule is CN(C)S(=O)(=O)c1cccc(C(C)(C)C)c1O. The number of hydrogen-bond donors (Lipinski definition) is 1. The Hall–Kier alpha value is -1.07. The number of phenols is 1. The maximum atomic E-state index is 12.0. The largest absolute Gasteiger partial charge is 0.506 e. The Kier molecular flexibility index (Phi) is 3.55. The van der Waals surface area contributed by atoms with E-state index in [1.807, 2.05) is 20.8 Å². The van der Waals surface area contributed by atoms with Gasteiger partial charge in [0.2, 0.25) is 10.0 Å². The van der Waals surface area contributed by atoms with Crippen molar-refractivity contribution in [1.82, 2.24) is 4.31 Å². The third-order valence-corrected chi connectivity index (χ3v) is 4.41. The third kappa shape index (κ3) is 2.61. The topological polar surface area (TPSA) is 57.6 Å². The van der Waals surface area contributed by atoms with Crippen molar-refractivity contribution in [3.8, 4) is 5.75 Å². The van der Waals surface area contributed by atoms with Gasteiger partial charge in [-0.05, 0) is 11.5 Å². The van der Waals surface area contributed by atoms with Crippen LogP contribution in [-0.2, 0) is 15.4 Å². The lowest BCUT2D eigenvalue weighted by Gasteiger charge is -2.22. The molecule has 1 aromatic carbocycles. The Morgan fingerprint density at radius 2 is 1.71 bits per heavy atom. The summed E-state index contributed by atoms with van der Waals surface area (Å²) in [6, 6.07) is 4.81. The molecule has 0 aliphatic rings. The van der Waals surface area contributed by atoms with Crippen molar-refractivity contribution in [2.45, 2.75) is 31.1 Å². The first-order valence-corrected chi connectivity index (χ1v) is 6.77. The minimum atomic E-state index is -3.61. The molecule has 0 bridgehead atoms. The van der Waals surface area contributed by atoms with E-state index in [4.69, 9.17) is 0 Å². The van der Waals surface area contributed by atoms with Gasteiger partial charge in [0, 0.05) is 19.7 Å². The molecule has 0 amide bonds. The second-order valence-electron chi connectivity index (χ2n) is 5.19. The Balaban J connectivity index is 3.51. The van der Waals surface area contributed by atoms with E-state index in [1.165, 1.54) is 20.2 Å². The molecule has 5 heteroatoms. The molecule has 17 heavy (non-hydrogen) atoms. The van der Waals surface area contributed by atoms with Crippen molar-refractivity contribution < 1.29 is 13.5 Å². The van der Waals surface area contributed by atoms with Crippen molar-refractivity contribution >= 4 is 10.0 Å². The highest BCUT2D eigenvalue weighted by molar-refractivity contribution is 7.89. The number of sulfonamides is 1. The van der Waals surface area contributed by atoms with E-state index in [2.05, 4.69) is 0 Å². The van der Waals surface area contributed by atoms with Crippen molar-refractivity contribution in [2.75, 3.05) is 14.1 Å². The van der Waals surface area contributed by atoms with Crippen LogP contribution in [0.3, 0.4) is 0 Å². The summed E-state index contributed by atoms with van der Waals surface area (Å²) < 4.78 is 25.1. The van der Waals surface area contributed by atoms with Crippen LogP contribution in [0, 0.1) is 0 Å². The minimum absolute atomic E-state index is 0.0464. The molecular weight excluding hydrogens is 238 g/mol. The molecule has 0 atom stereocenters. The molecule has 0 aliphatic heterocycles. The number of nitrogens with zero attached hydrogens (tertiary/aromatic N) is 1. The van der Waals surface area contributed by atoms with E-state index in [9.17, 15) is 13.5 Å². The Morgan fingerprint density at radius 1 is 1.18 bits per heavy atom. The van der Waals surface area contributed by atoms with E-state index in [1.54, 1.807) is 12.1 Å². The summed E-state index contributed by atoms with van der Waals surface area (Å²) in [5.41, 5.74) is 0.322. The Bertz CT molecular complexity index is 513. The molecule has 0 aliphatic carbocycles. The second-order valence-corrected chi connectivity index (χ2v) is 7.31. The summed E-state index contributed by atoms with van der Waals surface area (Å²) in [7, 11) is -0.721. The van der Waals surface area contributed by atoms with Crippen LogP contribution in [0.1, 0.15) is 26.3 Å². The van der Waals surface area contributed by atoms with Gasteiger partial charge < -0.3 is 5.11 Å². The summed E-state index contributed by atoms with van der Waals surface area (Å²) in [6.07, 6.45) is 0. The van der Waals surface area contributed by atoms with Gasteiger partial charge in [0.1, 0.15) is 10.6 Å². The fraction of sp³-hybridized carbons (Fsp3) is 0.500. The van der Waals surface area contributed by atoms with Gasteiger partial charge in [0.05, 0.1) is 0 Å². The molecule has 0 saturated heterocycles. The van der Waals surface area contributed by atoms with E-state index >= 15 is 0 Å². The van der Waals surface area contributed by atoms with Crippen LogP contribution in [0.4, 0.5) is 0 Å². The molecule has 1 N–H and O–H groups in total. The van der Waals surface area contributed by atoms with Crippen LogP contribution in [0.25, 0.3) is 0 Å². The van der Waals surface area contributed by atoms with Crippen LogP contribution >= 0.6 is 0 Å². The monoisotopic (exact) mass is 257 g/mol. The number of benzene rings is 1. The number of phenolic OH excluding ortho intramolecular Hbond substituents is 1. The zero-order valence-corrected chi connectivity index (χ0v) is 11.7. The van der Waals surface area contributed by atoms with Gasteiger partial charge >= 0.3 is 0 Å². The summed E-state index contributed by atoms with van der Waals surface area (Å²) in [5, 5.41) is 10.1. The highest BCUT2D eigenvalue weighted by Gasteiger charge is 2.26. The van der Waals surface area contributed by atoms with Crippen molar-refractivity contribution in [3.05, 3.63) is 23.8 Å². The summed E-state index contributed by atoms with van der Waals surface area (Å²) in [4.78, 5) is -0.0464. The lowest BCUT2D eigenvalue weighted by molar-refractivity contribution is 0.428. The van der Waals surface area contributed by atoms with Crippen molar-refractivity contribution in [3.63, 3.8) is 0 Å². The molecule has 0 saturated carbocycles. The second kappa shape index (κ2) is 4.31. The van der Waals surface area contributed by atoms with E-state index in [-0.39, 0.29) is 16.1 Å². The average molecular weight is 257 g/mol. The summed E-state index contributed by atoms with van der Waals surface area (Å²) in [5.74, 6) is -0.159. The Morgan fingerprint density at radius 3 is 2.12 bits per heavy atom. The van der Waals surface area contributed by atoms with Gasteiger partial charge in [-0.1, -0.05) is 32.9 Å². The number of aromatic hydroxyl groups is 1. The lowest BCUT2D eigenvalue weighted by Crippen LogP contribution is -2.23. The fourth-order valence-electron chi connectivity index (χ4n) is 1.53. The first kappa shape index (κ1) is 14.0. The maximum Gasteiger partial charge on any atom is 0.246 e. The van der Waals surface area contributed by atoms with E-state index in [0.717, 1.165) is 4.31 Å². The number of rotatable bonds is 2. The molecular formula is C12H19NO3S. The fourth-order valence-corrected chi connectivity index (χ4v) is 2.53. The van der Waals surface area contributed by atoms with Gasteiger partial charge in [-0.3, -0.25) is 0 Å². The smallest absolute Gasteiger partial charge is 0.246 e. The molecule has 1 rings (SSSR count). The first-order chi connectivity index (χ1) is 7.58. The van der Waals surface area contributed by atoms with Crippen molar-refractivity contribution in [1.29, 1.82) is 0 Å². The average Bonchev–Trinajstić information content (AvgIpc) is 2.15. The normalized spacial score (nSPS) is 13.1. The van der Waals surface area contributed by atoms with Crippen molar-refractivity contribution in [2.24, 2.45) is 0 Å². The summed E-state index contributed by atoms with van der Waals surface area (Å²) >= 11 is 0. The molecule has 0 spiro atoms. The predicted molar refractivity (Wildman–Crippen MR) is 67.7 cm³/mol. The van der Waals surface area contributed by atoms with E-state index < -0.39 is 10.0 Å². The van der Waals surface area contributed by atoms with Crippen LogP contribution in [0.2, 0.25) is 0 Å². The highest BCUT2D eigenvalue weighted by atomic mass is 32.2. The number of para-hydroxylation sites is 1. The molecule has 0 heterocycles. The van der Waals surface area contributed by atoms with E-state index in [0.29, 0.717) is 5.56 Å². The predicted octanol–water partition coefficient (Wildman–Crippen LogP) is 1.94. The summed E-state index contributed by atoms with van der Waals surface area (Å²) in [6.45, 7) is 5.77. The highest BCUT2D eigenvalue weighted by Crippen LogP contribution is 2.35. The quantitative estimate of drug-likeness (QED) is 0.881. The van der Waals surface area contributed by atoms with Crippen LogP contribution < -0.4 is 0 Å². The molecule has 0 fully saturated rings. The maximum absolute atomic E-state index is 12.0. The standard InChI is InChI=1S/C12H19NO3S/c1-12(2,3)9-7-6-8-10(11(9)14)17(15,16)13(4)5/h6-8,14H,1-5H3. The molecule has 0 unspecified atom stereocenters.